The third kappa shape index (κ3) is 6.75. The van der Waals surface area contributed by atoms with Gasteiger partial charge in [0, 0.05) is 29.9 Å². The maximum atomic E-state index is 15.9. The molecular formula is C29H33F2N7O4S. The van der Waals surface area contributed by atoms with Crippen LogP contribution in [0.15, 0.2) is 42.7 Å². The molecule has 2 aromatic carbocycles. The smallest absolute Gasteiger partial charge is 0.232 e. The van der Waals surface area contributed by atoms with E-state index in [4.69, 9.17) is 25.2 Å². The second-order valence-electron chi connectivity index (χ2n) is 10.5. The molecule has 1 aliphatic rings. The van der Waals surface area contributed by atoms with E-state index in [2.05, 4.69) is 19.6 Å². The molecule has 0 bridgehead atoms. The Hall–Kier alpha value is -4.17. The molecule has 43 heavy (non-hydrogen) atoms. The Morgan fingerprint density at radius 2 is 1.95 bits per heavy atom. The van der Waals surface area contributed by atoms with Crippen molar-refractivity contribution in [3.05, 3.63) is 48.5 Å². The zero-order valence-electron chi connectivity index (χ0n) is 24.0. The van der Waals surface area contributed by atoms with Crippen molar-refractivity contribution in [2.24, 2.45) is 0 Å². The first-order valence-corrected chi connectivity index (χ1v) is 15.5. The third-order valence-corrected chi connectivity index (χ3v) is 8.16. The van der Waals surface area contributed by atoms with Gasteiger partial charge in [-0.3, -0.25) is 9.11 Å². The lowest BCUT2D eigenvalue weighted by Gasteiger charge is -2.35. The molecule has 1 atom stereocenters. The molecule has 0 saturated carbocycles. The molecule has 14 heteroatoms. The Balaban J connectivity index is 1.72. The number of rotatable bonds is 10. The predicted molar refractivity (Wildman–Crippen MR) is 162 cm³/mol. The Bertz CT molecular complexity index is 1720. The van der Waals surface area contributed by atoms with E-state index in [-0.39, 0.29) is 35.8 Å². The van der Waals surface area contributed by atoms with Crippen LogP contribution in [0.1, 0.15) is 27.2 Å². The second-order valence-corrected chi connectivity index (χ2v) is 12.3. The maximum Gasteiger partial charge on any atom is 0.232 e. The number of aromatic nitrogens is 4. The summed E-state index contributed by atoms with van der Waals surface area (Å²) in [6.07, 6.45) is 2.65. The summed E-state index contributed by atoms with van der Waals surface area (Å²) < 4.78 is 67.5. The van der Waals surface area contributed by atoms with Crippen molar-refractivity contribution in [3.63, 3.8) is 0 Å². The Morgan fingerprint density at radius 3 is 2.65 bits per heavy atom. The van der Waals surface area contributed by atoms with Crippen LogP contribution < -0.4 is 20.1 Å². The van der Waals surface area contributed by atoms with Gasteiger partial charge in [0.15, 0.2) is 11.6 Å². The minimum Gasteiger partial charge on any atom is -0.489 e. The average Bonchev–Trinajstić information content (AvgIpc) is 2.97. The van der Waals surface area contributed by atoms with Crippen LogP contribution in [0, 0.1) is 5.82 Å². The minimum absolute atomic E-state index is 0.0284. The van der Waals surface area contributed by atoms with E-state index in [9.17, 15) is 12.8 Å². The zero-order valence-corrected chi connectivity index (χ0v) is 24.9. The Kier molecular flexibility index (Phi) is 8.87. The number of hydrogen-bond donors (Lipinski definition) is 2. The van der Waals surface area contributed by atoms with Gasteiger partial charge in [-0.1, -0.05) is 12.1 Å². The number of nitrogens with two attached hydrogens (primary N) is 1. The molecule has 3 heterocycles. The number of benzene rings is 2. The molecule has 3 N–H and O–H groups in total. The lowest BCUT2D eigenvalue weighted by Crippen LogP contribution is -2.44. The molecule has 228 valence electrons. The second kappa shape index (κ2) is 12.6. The molecule has 2 aromatic heterocycles. The largest absolute Gasteiger partial charge is 0.489 e. The number of fused-ring (bicyclic) bond motifs is 1. The number of sulfonamides is 1. The fourth-order valence-corrected chi connectivity index (χ4v) is 5.91. The molecule has 1 fully saturated rings. The third-order valence-electron chi connectivity index (χ3n) is 6.80. The summed E-state index contributed by atoms with van der Waals surface area (Å²) in [5, 5.41) is 0.607. The number of alkyl halides is 1. The molecule has 11 nitrogen and oxygen atoms in total. The lowest BCUT2D eigenvalue weighted by molar-refractivity contribution is 0.0987. The van der Waals surface area contributed by atoms with E-state index < -0.39 is 28.3 Å². The monoisotopic (exact) mass is 613 g/mol. The topological polar surface area (TPSA) is 145 Å². The van der Waals surface area contributed by atoms with E-state index in [0.29, 0.717) is 59.2 Å². The number of hydrogen-bond acceptors (Lipinski definition) is 10. The summed E-state index contributed by atoms with van der Waals surface area (Å²) in [7, 11) is -3.95. The number of nitrogen functional groups attached to an aromatic ring is 1. The Labute approximate surface area is 248 Å². The van der Waals surface area contributed by atoms with Crippen molar-refractivity contribution in [2.75, 3.05) is 47.5 Å². The van der Waals surface area contributed by atoms with Crippen molar-refractivity contribution < 1.29 is 26.7 Å². The number of ether oxygens (including phenoxy) is 2. The zero-order chi connectivity index (χ0) is 30.7. The summed E-state index contributed by atoms with van der Waals surface area (Å²) in [4.78, 5) is 20.0. The van der Waals surface area contributed by atoms with Crippen LogP contribution in [0.25, 0.3) is 33.4 Å². The number of morpholine rings is 1. The van der Waals surface area contributed by atoms with E-state index in [0.717, 1.165) is 0 Å². The summed E-state index contributed by atoms with van der Waals surface area (Å²) in [5.74, 6) is 0.214. The quantitative estimate of drug-likeness (QED) is 0.260. The van der Waals surface area contributed by atoms with E-state index in [1.54, 1.807) is 36.7 Å². The molecule has 0 radical (unpaired) electrons. The van der Waals surface area contributed by atoms with Crippen molar-refractivity contribution in [2.45, 2.75) is 39.3 Å². The van der Waals surface area contributed by atoms with Crippen LogP contribution in [0.2, 0.25) is 0 Å². The summed E-state index contributed by atoms with van der Waals surface area (Å²) in [6, 6.07) is 7.83. The summed E-state index contributed by atoms with van der Waals surface area (Å²) in [5.41, 5.74) is 7.08. The highest BCUT2D eigenvalue weighted by atomic mass is 32.2. The molecule has 0 amide bonds. The molecular weight excluding hydrogens is 580 g/mol. The number of halogens is 2. The van der Waals surface area contributed by atoms with Crippen molar-refractivity contribution in [1.82, 2.24) is 19.9 Å². The van der Waals surface area contributed by atoms with Crippen molar-refractivity contribution in [1.29, 1.82) is 0 Å². The Morgan fingerprint density at radius 1 is 1.19 bits per heavy atom. The maximum absolute atomic E-state index is 15.9. The van der Waals surface area contributed by atoms with Gasteiger partial charge in [-0.25, -0.2) is 32.7 Å². The highest BCUT2D eigenvalue weighted by Crippen LogP contribution is 2.40. The van der Waals surface area contributed by atoms with Gasteiger partial charge in [-0.05, 0) is 51.0 Å². The lowest BCUT2D eigenvalue weighted by atomic mass is 10.0. The molecule has 0 unspecified atom stereocenters. The molecule has 1 saturated heterocycles. The summed E-state index contributed by atoms with van der Waals surface area (Å²) >= 11 is 0. The molecule has 0 spiro atoms. The first-order chi connectivity index (χ1) is 20.6. The van der Waals surface area contributed by atoms with Crippen LogP contribution in [0.4, 0.5) is 26.2 Å². The van der Waals surface area contributed by atoms with E-state index >= 15 is 4.39 Å². The average molecular weight is 614 g/mol. The van der Waals surface area contributed by atoms with Gasteiger partial charge in [-0.15, -0.1) is 0 Å². The van der Waals surface area contributed by atoms with Crippen LogP contribution in [0.5, 0.6) is 5.75 Å². The highest BCUT2D eigenvalue weighted by molar-refractivity contribution is 7.92. The molecule has 1 aliphatic heterocycles. The number of nitrogens with zero attached hydrogens (tertiary/aromatic N) is 5. The van der Waals surface area contributed by atoms with Gasteiger partial charge in [0.25, 0.3) is 0 Å². The first kappa shape index (κ1) is 30.3. The van der Waals surface area contributed by atoms with Crippen LogP contribution in [0.3, 0.4) is 0 Å². The predicted octanol–water partition coefficient (Wildman–Crippen LogP) is 4.59. The SMILES string of the molecule is CC(C)Oc1cc(-c2cccc(NS(=O)(=O)CCCF)c2F)cc2c(N3CCOC[C@H]3C)nc(-c3cnc(N)nc3)nc12. The standard InChI is InChI=1S/C29H33F2N7O4S/c1-17(2)42-24-13-19(21-6-4-7-23(25(21)31)37-43(39,40)11-5-8-30)12-22-26(24)35-27(20-14-33-29(32)34-15-20)36-28(22)38-9-10-41-16-18(38)3/h4,6-7,12-15,17-18,37H,5,8-11,16H2,1-3H3,(H2,32,33,34)/t18-/m1/s1. The van der Waals surface area contributed by atoms with Gasteiger partial charge in [0.2, 0.25) is 16.0 Å². The van der Waals surface area contributed by atoms with Gasteiger partial charge in [-0.2, -0.15) is 0 Å². The molecule has 5 rings (SSSR count). The number of anilines is 3. The van der Waals surface area contributed by atoms with Crippen LogP contribution in [-0.2, 0) is 14.8 Å². The molecule has 0 aliphatic carbocycles. The van der Waals surface area contributed by atoms with E-state index in [1.807, 2.05) is 20.8 Å². The summed E-state index contributed by atoms with van der Waals surface area (Å²) in [6.45, 7) is 6.50. The van der Waals surface area contributed by atoms with Gasteiger partial charge in [0.1, 0.15) is 17.1 Å². The first-order valence-electron chi connectivity index (χ1n) is 13.9. The molecule has 4 aromatic rings. The van der Waals surface area contributed by atoms with Gasteiger partial charge >= 0.3 is 0 Å². The minimum atomic E-state index is -3.95. The highest BCUT2D eigenvalue weighted by Gasteiger charge is 2.26. The van der Waals surface area contributed by atoms with Crippen molar-refractivity contribution in [3.8, 4) is 28.3 Å². The van der Waals surface area contributed by atoms with Gasteiger partial charge < -0.3 is 20.1 Å². The van der Waals surface area contributed by atoms with E-state index in [1.165, 1.54) is 6.07 Å². The van der Waals surface area contributed by atoms with Gasteiger partial charge in [0.05, 0.1) is 49.0 Å². The van der Waals surface area contributed by atoms with Crippen LogP contribution in [-0.4, -0.2) is 72.7 Å². The van der Waals surface area contributed by atoms with Crippen LogP contribution >= 0.6 is 0 Å². The van der Waals surface area contributed by atoms with Crippen molar-refractivity contribution >= 4 is 38.4 Å². The fraction of sp³-hybridized carbons (Fsp3) is 0.379. The number of nitrogens with one attached hydrogen (secondary N) is 1. The fourth-order valence-electron chi connectivity index (χ4n) is 4.82. The normalized spacial score (nSPS) is 15.7.